The molecular weight excluding hydrogens is 476 g/mol. The van der Waals surface area contributed by atoms with E-state index in [0.717, 1.165) is 43.8 Å². The molecule has 0 unspecified atom stereocenters. The normalized spacial score (nSPS) is 25.9. The first-order valence-electron chi connectivity index (χ1n) is 13.7. The number of rotatable bonds is 5. The lowest BCUT2D eigenvalue weighted by Gasteiger charge is -2.46. The third kappa shape index (κ3) is 4.55. The van der Waals surface area contributed by atoms with E-state index < -0.39 is 0 Å². The van der Waals surface area contributed by atoms with Gasteiger partial charge in [-0.25, -0.2) is 4.98 Å². The SMILES string of the molecule is Cc1nc2ccccc2n1[C@H]1C[C@H]2CC[C@@H](C1)N2CCC1(c2ccccc2)CCN(/C(S)=N/C#N)CC1. The summed E-state index contributed by atoms with van der Waals surface area (Å²) >= 11 is 4.47. The van der Waals surface area contributed by atoms with Gasteiger partial charge in [0, 0.05) is 31.2 Å². The van der Waals surface area contributed by atoms with Gasteiger partial charge in [-0.2, -0.15) is 5.26 Å². The molecule has 0 N–H and O–H groups in total. The first-order valence-corrected chi connectivity index (χ1v) is 14.2. The zero-order valence-electron chi connectivity index (χ0n) is 21.6. The molecule has 3 aliphatic rings. The van der Waals surface area contributed by atoms with Crippen molar-refractivity contribution in [3.8, 4) is 6.19 Å². The van der Waals surface area contributed by atoms with Crippen molar-refractivity contribution >= 4 is 28.8 Å². The zero-order valence-corrected chi connectivity index (χ0v) is 22.5. The van der Waals surface area contributed by atoms with Crippen LogP contribution in [0.1, 0.15) is 62.4 Å². The predicted octanol–water partition coefficient (Wildman–Crippen LogP) is 5.70. The van der Waals surface area contributed by atoms with E-state index in [1.54, 1.807) is 0 Å². The molecule has 192 valence electrons. The third-order valence-corrected chi connectivity index (χ3v) is 9.77. The molecule has 6 rings (SSSR count). The van der Waals surface area contributed by atoms with E-state index in [2.05, 4.69) is 93.5 Å². The number of aliphatic imine (C=N–C) groups is 1. The summed E-state index contributed by atoms with van der Waals surface area (Å²) in [5.74, 6) is 1.15. The van der Waals surface area contributed by atoms with Crippen LogP contribution in [0.3, 0.4) is 0 Å². The van der Waals surface area contributed by atoms with E-state index in [4.69, 9.17) is 10.2 Å². The van der Waals surface area contributed by atoms with Gasteiger partial charge in [-0.05, 0) is 81.5 Å². The summed E-state index contributed by atoms with van der Waals surface area (Å²) in [6, 6.07) is 21.6. The maximum Gasteiger partial charge on any atom is 0.208 e. The topological polar surface area (TPSA) is 60.5 Å². The molecule has 3 aromatic rings. The Labute approximate surface area is 225 Å². The highest BCUT2D eigenvalue weighted by Crippen LogP contribution is 2.45. The monoisotopic (exact) mass is 512 g/mol. The largest absolute Gasteiger partial charge is 0.351 e. The molecule has 3 atom stereocenters. The van der Waals surface area contributed by atoms with Crippen molar-refractivity contribution in [1.29, 1.82) is 5.26 Å². The van der Waals surface area contributed by atoms with Gasteiger partial charge in [0.05, 0.1) is 11.0 Å². The molecule has 37 heavy (non-hydrogen) atoms. The minimum absolute atomic E-state index is 0.159. The lowest BCUT2D eigenvalue weighted by atomic mass is 9.70. The molecule has 0 saturated carbocycles. The van der Waals surface area contributed by atoms with Crippen molar-refractivity contribution in [1.82, 2.24) is 19.4 Å². The van der Waals surface area contributed by atoms with Gasteiger partial charge in [0.25, 0.3) is 0 Å². The number of hydrogen-bond acceptors (Lipinski definition) is 4. The molecule has 6 nitrogen and oxygen atoms in total. The van der Waals surface area contributed by atoms with Gasteiger partial charge in [-0.3, -0.25) is 4.90 Å². The van der Waals surface area contributed by atoms with Crippen molar-refractivity contribution in [3.05, 3.63) is 66.0 Å². The second kappa shape index (κ2) is 10.2. The van der Waals surface area contributed by atoms with Crippen LogP contribution in [0.4, 0.5) is 0 Å². The third-order valence-electron chi connectivity index (χ3n) is 9.38. The van der Waals surface area contributed by atoms with Crippen LogP contribution >= 0.6 is 12.6 Å². The molecule has 1 aromatic heterocycles. The number of piperidine rings is 2. The lowest BCUT2D eigenvalue weighted by Crippen LogP contribution is -2.48. The standard InChI is InChI=1S/C30H36N6S/c1-22-33-27-9-5-6-10-28(27)36(22)26-19-24-11-12-25(20-26)35(24)18-15-30(23-7-3-2-4-8-23)13-16-34(17-14-30)29(37)32-21-31/h2-10,24-26H,11-20H2,1H3,(H,32,37)/t24-,25+,26+. The molecule has 7 heteroatoms. The number of aromatic nitrogens is 2. The van der Waals surface area contributed by atoms with E-state index in [1.807, 2.05) is 6.19 Å². The second-order valence-corrected chi connectivity index (χ2v) is 11.6. The van der Waals surface area contributed by atoms with Gasteiger partial charge in [-0.15, -0.1) is 17.6 Å². The Morgan fingerprint density at radius 3 is 2.41 bits per heavy atom. The summed E-state index contributed by atoms with van der Waals surface area (Å²) < 4.78 is 2.52. The molecule has 0 radical (unpaired) electrons. The molecule has 2 bridgehead atoms. The average molecular weight is 513 g/mol. The summed E-state index contributed by atoms with van der Waals surface area (Å²) in [6.07, 6.45) is 10.3. The predicted molar refractivity (Wildman–Crippen MR) is 152 cm³/mol. The number of imidazole rings is 1. The Bertz CT molecular complexity index is 1300. The number of benzene rings is 2. The second-order valence-electron chi connectivity index (χ2n) is 11.2. The first-order chi connectivity index (χ1) is 18.1. The van der Waals surface area contributed by atoms with Crippen molar-refractivity contribution in [2.24, 2.45) is 4.99 Å². The number of fused-ring (bicyclic) bond motifs is 3. The molecule has 4 heterocycles. The molecule has 0 spiro atoms. The lowest BCUT2D eigenvalue weighted by molar-refractivity contribution is 0.0890. The number of aryl methyl sites for hydroxylation is 1. The Balaban J connectivity index is 1.18. The molecule has 2 aromatic carbocycles. The van der Waals surface area contributed by atoms with Gasteiger partial charge in [-0.1, -0.05) is 42.5 Å². The Morgan fingerprint density at radius 2 is 1.70 bits per heavy atom. The van der Waals surface area contributed by atoms with Crippen LogP contribution in [0.2, 0.25) is 0 Å². The zero-order chi connectivity index (χ0) is 25.4. The van der Waals surface area contributed by atoms with Crippen LogP contribution < -0.4 is 0 Å². The fraction of sp³-hybridized carbons (Fsp3) is 0.500. The number of nitrogens with zero attached hydrogens (tertiary/aromatic N) is 6. The van der Waals surface area contributed by atoms with Crippen LogP contribution in [0.25, 0.3) is 11.0 Å². The van der Waals surface area contributed by atoms with Gasteiger partial charge in [0.15, 0.2) is 5.17 Å². The number of likely N-dealkylation sites (tertiary alicyclic amines) is 1. The number of nitriles is 1. The van der Waals surface area contributed by atoms with Gasteiger partial charge in [0.1, 0.15) is 5.82 Å². The van der Waals surface area contributed by atoms with Crippen LogP contribution in [-0.4, -0.2) is 56.2 Å². The maximum atomic E-state index is 8.95. The van der Waals surface area contributed by atoms with Gasteiger partial charge < -0.3 is 9.47 Å². The van der Waals surface area contributed by atoms with Crippen molar-refractivity contribution < 1.29 is 0 Å². The summed E-state index contributed by atoms with van der Waals surface area (Å²) in [6.45, 7) is 5.10. The van der Waals surface area contributed by atoms with Crippen molar-refractivity contribution in [2.45, 2.75) is 75.4 Å². The summed E-state index contributed by atoms with van der Waals surface area (Å²) in [4.78, 5) is 13.7. The minimum Gasteiger partial charge on any atom is -0.351 e. The number of thiol groups is 1. The van der Waals surface area contributed by atoms with Crippen LogP contribution in [0.5, 0.6) is 0 Å². The smallest absolute Gasteiger partial charge is 0.208 e. The molecule has 3 saturated heterocycles. The molecule has 0 amide bonds. The summed E-state index contributed by atoms with van der Waals surface area (Å²) in [7, 11) is 0. The Kier molecular flexibility index (Phi) is 6.73. The van der Waals surface area contributed by atoms with Crippen molar-refractivity contribution in [3.63, 3.8) is 0 Å². The quantitative estimate of drug-likeness (QED) is 0.206. The molecule has 0 aliphatic carbocycles. The number of para-hydroxylation sites is 2. The maximum absolute atomic E-state index is 8.95. The molecule has 3 fully saturated rings. The highest BCUT2D eigenvalue weighted by Gasteiger charge is 2.44. The summed E-state index contributed by atoms with van der Waals surface area (Å²) in [5.41, 5.74) is 4.02. The van der Waals surface area contributed by atoms with E-state index in [9.17, 15) is 0 Å². The number of hydrogen-bond donors (Lipinski definition) is 1. The first kappa shape index (κ1) is 24.5. The van der Waals surface area contributed by atoms with Gasteiger partial charge in [0.2, 0.25) is 6.19 Å². The van der Waals surface area contributed by atoms with Crippen LogP contribution in [-0.2, 0) is 5.41 Å². The van der Waals surface area contributed by atoms with E-state index in [-0.39, 0.29) is 5.41 Å². The highest BCUT2D eigenvalue weighted by molar-refractivity contribution is 7.96. The van der Waals surface area contributed by atoms with E-state index in [1.165, 1.54) is 43.2 Å². The van der Waals surface area contributed by atoms with Crippen molar-refractivity contribution in [2.75, 3.05) is 19.6 Å². The van der Waals surface area contributed by atoms with Crippen LogP contribution in [0.15, 0.2) is 59.6 Å². The van der Waals surface area contributed by atoms with E-state index in [0.29, 0.717) is 23.3 Å². The summed E-state index contributed by atoms with van der Waals surface area (Å²) in [5, 5.41) is 9.50. The highest BCUT2D eigenvalue weighted by atomic mass is 32.1. The van der Waals surface area contributed by atoms with E-state index >= 15 is 0 Å². The fourth-order valence-corrected chi connectivity index (χ4v) is 7.76. The Hall–Kier alpha value is -2.82. The minimum atomic E-state index is 0.159. The fourth-order valence-electron chi connectivity index (χ4n) is 7.52. The van der Waals surface area contributed by atoms with Gasteiger partial charge >= 0.3 is 0 Å². The Morgan fingerprint density at radius 1 is 1.03 bits per heavy atom. The number of amidine groups is 1. The molecule has 3 aliphatic heterocycles. The molecular formula is C30H36N6S. The average Bonchev–Trinajstić information content (AvgIpc) is 3.39. The van der Waals surface area contributed by atoms with Crippen LogP contribution in [0, 0.1) is 18.4 Å².